The molecule has 1 aromatic carbocycles. The molecule has 0 aromatic heterocycles. The fraction of sp³-hybridized carbons (Fsp3) is 0.731. The van der Waals surface area contributed by atoms with Gasteiger partial charge in [0.15, 0.2) is 0 Å². The molecule has 1 rings (SSSR count). The smallest absolute Gasteiger partial charge is 0.305 e. The minimum Gasteiger partial charge on any atom is -0.507 e. The van der Waals surface area contributed by atoms with Crippen molar-refractivity contribution in [3.05, 3.63) is 28.8 Å². The number of phenolic OH excluding ortho intramolecular Hbond substituents is 1. The SMILES string of the molecule is CC(C)CCCCCOC(=O)CCCc1cc(C(C)(C)C)c(O)c(C(C)(C)C)c1. The van der Waals surface area contributed by atoms with Gasteiger partial charge in [0.2, 0.25) is 0 Å². The number of aromatic hydroxyl groups is 1. The molecule has 0 saturated carbocycles. The van der Waals surface area contributed by atoms with Crippen molar-refractivity contribution in [2.75, 3.05) is 6.61 Å². The van der Waals surface area contributed by atoms with Crippen LogP contribution in [0.25, 0.3) is 0 Å². The van der Waals surface area contributed by atoms with Crippen LogP contribution in [-0.4, -0.2) is 17.7 Å². The number of phenols is 1. The molecular formula is C26H44O3. The van der Waals surface area contributed by atoms with Crippen molar-refractivity contribution in [1.29, 1.82) is 0 Å². The standard InChI is InChI=1S/C26H44O3/c1-19(2)13-10-9-11-16-29-23(27)15-12-14-20-17-21(25(3,4)5)24(28)22(18-20)26(6,7)8/h17-19,28H,9-16H2,1-8H3. The molecule has 0 heterocycles. The molecule has 0 fully saturated rings. The molecule has 0 amide bonds. The van der Waals surface area contributed by atoms with Gasteiger partial charge in [0, 0.05) is 6.42 Å². The van der Waals surface area contributed by atoms with Crippen LogP contribution in [0.15, 0.2) is 12.1 Å². The zero-order chi connectivity index (χ0) is 22.2. The Morgan fingerprint density at radius 1 is 0.931 bits per heavy atom. The van der Waals surface area contributed by atoms with E-state index in [1.807, 2.05) is 0 Å². The second kappa shape index (κ2) is 11.0. The molecule has 0 aliphatic heterocycles. The Morgan fingerprint density at radius 2 is 1.48 bits per heavy atom. The first-order chi connectivity index (χ1) is 13.3. The molecular weight excluding hydrogens is 360 g/mol. The van der Waals surface area contributed by atoms with Crippen molar-refractivity contribution >= 4 is 5.97 Å². The number of benzene rings is 1. The number of unbranched alkanes of at least 4 members (excludes halogenated alkanes) is 2. The zero-order valence-corrected chi connectivity index (χ0v) is 20.2. The lowest BCUT2D eigenvalue weighted by atomic mass is 9.78. The van der Waals surface area contributed by atoms with Gasteiger partial charge in [0.25, 0.3) is 0 Å². The van der Waals surface area contributed by atoms with Crippen LogP contribution in [0.1, 0.15) is 111 Å². The van der Waals surface area contributed by atoms with E-state index in [9.17, 15) is 9.90 Å². The number of aryl methyl sites for hydroxylation is 1. The molecule has 1 N–H and O–H groups in total. The summed E-state index contributed by atoms with van der Waals surface area (Å²) in [6, 6.07) is 4.20. The maximum Gasteiger partial charge on any atom is 0.305 e. The first kappa shape index (κ1) is 25.5. The average molecular weight is 405 g/mol. The van der Waals surface area contributed by atoms with Crippen LogP contribution in [-0.2, 0) is 26.8 Å². The molecule has 1 aromatic rings. The lowest BCUT2D eigenvalue weighted by Crippen LogP contribution is -2.18. The van der Waals surface area contributed by atoms with Gasteiger partial charge >= 0.3 is 5.97 Å². The second-order valence-electron chi connectivity index (χ2n) is 10.9. The molecule has 29 heavy (non-hydrogen) atoms. The van der Waals surface area contributed by atoms with Crippen LogP contribution in [0.4, 0.5) is 0 Å². The van der Waals surface area contributed by atoms with E-state index < -0.39 is 0 Å². The van der Waals surface area contributed by atoms with Gasteiger partial charge in [-0.3, -0.25) is 4.79 Å². The van der Waals surface area contributed by atoms with Crippen LogP contribution in [0.2, 0.25) is 0 Å². The Balaban J connectivity index is 2.58. The van der Waals surface area contributed by atoms with E-state index in [0.29, 0.717) is 18.8 Å². The number of esters is 1. The van der Waals surface area contributed by atoms with Gasteiger partial charge in [-0.05, 0) is 52.7 Å². The molecule has 0 aliphatic rings. The van der Waals surface area contributed by atoms with Gasteiger partial charge in [0.05, 0.1) is 6.61 Å². The highest BCUT2D eigenvalue weighted by Gasteiger charge is 2.26. The Bertz CT molecular complexity index is 610. The lowest BCUT2D eigenvalue weighted by molar-refractivity contribution is -0.143. The van der Waals surface area contributed by atoms with Crippen molar-refractivity contribution in [3.63, 3.8) is 0 Å². The number of carbonyl (C=O) groups is 1. The van der Waals surface area contributed by atoms with Crippen molar-refractivity contribution in [3.8, 4) is 5.75 Å². The van der Waals surface area contributed by atoms with E-state index in [2.05, 4.69) is 67.5 Å². The Hall–Kier alpha value is -1.51. The monoisotopic (exact) mass is 404 g/mol. The molecule has 0 radical (unpaired) electrons. The molecule has 166 valence electrons. The summed E-state index contributed by atoms with van der Waals surface area (Å²) in [6.07, 6.45) is 6.57. The van der Waals surface area contributed by atoms with Crippen LogP contribution in [0.3, 0.4) is 0 Å². The predicted octanol–water partition coefficient (Wildman–Crippen LogP) is 7.07. The summed E-state index contributed by atoms with van der Waals surface area (Å²) in [6.45, 7) is 17.7. The summed E-state index contributed by atoms with van der Waals surface area (Å²) < 4.78 is 5.38. The Morgan fingerprint density at radius 3 is 1.97 bits per heavy atom. The maximum atomic E-state index is 12.0. The van der Waals surface area contributed by atoms with E-state index in [-0.39, 0.29) is 16.8 Å². The van der Waals surface area contributed by atoms with Crippen LogP contribution < -0.4 is 0 Å². The van der Waals surface area contributed by atoms with E-state index >= 15 is 0 Å². The summed E-state index contributed by atoms with van der Waals surface area (Å²) in [5.74, 6) is 1.06. The molecule has 0 spiro atoms. The molecule has 0 unspecified atom stereocenters. The first-order valence-corrected chi connectivity index (χ1v) is 11.3. The summed E-state index contributed by atoms with van der Waals surface area (Å²) >= 11 is 0. The van der Waals surface area contributed by atoms with Gasteiger partial charge < -0.3 is 9.84 Å². The fourth-order valence-corrected chi connectivity index (χ4v) is 3.51. The van der Waals surface area contributed by atoms with E-state index in [4.69, 9.17) is 4.74 Å². The number of rotatable bonds is 10. The third kappa shape index (κ3) is 9.23. The normalized spacial score (nSPS) is 12.4. The first-order valence-electron chi connectivity index (χ1n) is 11.3. The minimum absolute atomic E-state index is 0.0975. The van der Waals surface area contributed by atoms with Crippen molar-refractivity contribution < 1.29 is 14.6 Å². The highest BCUT2D eigenvalue weighted by molar-refractivity contribution is 5.69. The third-order valence-electron chi connectivity index (χ3n) is 5.32. The predicted molar refractivity (Wildman–Crippen MR) is 123 cm³/mol. The summed E-state index contributed by atoms with van der Waals surface area (Å²) in [4.78, 5) is 12.0. The summed E-state index contributed by atoms with van der Waals surface area (Å²) in [5.41, 5.74) is 2.87. The average Bonchev–Trinajstić information content (AvgIpc) is 2.56. The van der Waals surface area contributed by atoms with Gasteiger partial charge in [-0.2, -0.15) is 0 Å². The second-order valence-corrected chi connectivity index (χ2v) is 10.9. The van der Waals surface area contributed by atoms with Crippen LogP contribution in [0.5, 0.6) is 5.75 Å². The largest absolute Gasteiger partial charge is 0.507 e. The Labute approximate surface area is 179 Å². The molecule has 0 atom stereocenters. The summed E-state index contributed by atoms with van der Waals surface area (Å²) in [5, 5.41) is 10.8. The molecule has 3 nitrogen and oxygen atoms in total. The van der Waals surface area contributed by atoms with Gasteiger partial charge in [-0.1, -0.05) is 86.8 Å². The van der Waals surface area contributed by atoms with E-state index in [1.54, 1.807) is 0 Å². The number of carbonyl (C=O) groups excluding carboxylic acids is 1. The van der Waals surface area contributed by atoms with E-state index in [1.165, 1.54) is 18.4 Å². The number of hydrogen-bond donors (Lipinski definition) is 1. The molecule has 0 bridgehead atoms. The number of hydrogen-bond acceptors (Lipinski definition) is 3. The van der Waals surface area contributed by atoms with Crippen LogP contribution in [0, 0.1) is 5.92 Å². The fourth-order valence-electron chi connectivity index (χ4n) is 3.51. The maximum absolute atomic E-state index is 12.0. The van der Waals surface area contributed by atoms with Gasteiger partial charge in [-0.15, -0.1) is 0 Å². The highest BCUT2D eigenvalue weighted by atomic mass is 16.5. The minimum atomic E-state index is -0.130. The van der Waals surface area contributed by atoms with Gasteiger partial charge in [-0.25, -0.2) is 0 Å². The third-order valence-corrected chi connectivity index (χ3v) is 5.32. The Kier molecular flexibility index (Phi) is 9.71. The molecule has 3 heteroatoms. The molecule has 0 aliphatic carbocycles. The zero-order valence-electron chi connectivity index (χ0n) is 20.2. The van der Waals surface area contributed by atoms with Crippen molar-refractivity contribution in [2.24, 2.45) is 5.92 Å². The van der Waals surface area contributed by atoms with E-state index in [0.717, 1.165) is 42.7 Å². The highest BCUT2D eigenvalue weighted by Crippen LogP contribution is 2.40. The van der Waals surface area contributed by atoms with Crippen molar-refractivity contribution in [2.45, 2.75) is 111 Å². The lowest BCUT2D eigenvalue weighted by Gasteiger charge is -2.28. The van der Waals surface area contributed by atoms with Gasteiger partial charge in [0.1, 0.15) is 5.75 Å². The number of ether oxygens (including phenoxy) is 1. The van der Waals surface area contributed by atoms with Crippen molar-refractivity contribution in [1.82, 2.24) is 0 Å². The van der Waals surface area contributed by atoms with Crippen LogP contribution >= 0.6 is 0 Å². The summed E-state index contributed by atoms with van der Waals surface area (Å²) in [7, 11) is 0. The topological polar surface area (TPSA) is 46.5 Å². The molecule has 0 saturated heterocycles. The quantitative estimate of drug-likeness (QED) is 0.335.